The first-order chi connectivity index (χ1) is 7.59. The van der Waals surface area contributed by atoms with Crippen LogP contribution >= 0.6 is 0 Å². The van der Waals surface area contributed by atoms with Gasteiger partial charge in [-0.1, -0.05) is 27.7 Å². The van der Waals surface area contributed by atoms with Gasteiger partial charge in [-0.25, -0.2) is 0 Å². The number of benzene rings is 1. The lowest BCUT2D eigenvalue weighted by atomic mass is 9.89. The molecule has 1 aromatic heterocycles. The van der Waals surface area contributed by atoms with Crippen molar-refractivity contribution >= 4 is 10.9 Å². The van der Waals surface area contributed by atoms with Crippen LogP contribution in [0.4, 0.5) is 0 Å². The summed E-state index contributed by atoms with van der Waals surface area (Å²) in [5.41, 5.74) is 3.81. The Balaban J connectivity index is 2.71. The first-order valence-electron chi connectivity index (χ1n) is 5.85. The smallest absolute Gasteiger partial charge is 0.0932 e. The van der Waals surface area contributed by atoms with E-state index in [1.807, 2.05) is 6.07 Å². The predicted molar refractivity (Wildman–Crippen MR) is 67.7 cm³/mol. The van der Waals surface area contributed by atoms with Gasteiger partial charge in [0, 0.05) is 5.39 Å². The van der Waals surface area contributed by atoms with Crippen molar-refractivity contribution in [2.24, 2.45) is 0 Å². The molecule has 0 aliphatic carbocycles. The predicted octanol–water partition coefficient (Wildman–Crippen LogP) is 3.88. The van der Waals surface area contributed by atoms with Crippen LogP contribution in [0.15, 0.2) is 24.4 Å². The summed E-state index contributed by atoms with van der Waals surface area (Å²) in [5, 5.41) is 9.30. The molecule has 0 aliphatic heterocycles. The third-order valence-corrected chi connectivity index (χ3v) is 2.96. The quantitative estimate of drug-likeness (QED) is 0.758. The van der Waals surface area contributed by atoms with Crippen LogP contribution in [0.1, 0.15) is 50.7 Å². The summed E-state index contributed by atoms with van der Waals surface area (Å²) < 4.78 is 0. The molecule has 0 aliphatic rings. The fourth-order valence-electron chi connectivity index (χ4n) is 2.07. The summed E-state index contributed by atoms with van der Waals surface area (Å²) >= 11 is 0. The number of hydrogen-bond donors (Lipinski definition) is 0. The molecular formula is C14H18N2. The number of hydrogen-bond acceptors (Lipinski definition) is 2. The monoisotopic (exact) mass is 214 g/mol. The molecule has 2 nitrogen and oxygen atoms in total. The van der Waals surface area contributed by atoms with Crippen molar-refractivity contribution in [3.63, 3.8) is 0 Å². The minimum atomic E-state index is 0.531. The third kappa shape index (κ3) is 1.92. The Morgan fingerprint density at radius 3 is 2.19 bits per heavy atom. The van der Waals surface area contributed by atoms with Crippen molar-refractivity contribution < 1.29 is 0 Å². The molecule has 0 spiro atoms. The van der Waals surface area contributed by atoms with E-state index in [0.717, 1.165) is 5.52 Å². The van der Waals surface area contributed by atoms with E-state index >= 15 is 0 Å². The van der Waals surface area contributed by atoms with Gasteiger partial charge in [-0.3, -0.25) is 0 Å². The van der Waals surface area contributed by atoms with Gasteiger partial charge in [-0.05, 0) is 41.2 Å². The van der Waals surface area contributed by atoms with Crippen molar-refractivity contribution in [2.45, 2.75) is 39.5 Å². The zero-order valence-corrected chi connectivity index (χ0v) is 10.4. The van der Waals surface area contributed by atoms with E-state index in [0.29, 0.717) is 11.8 Å². The van der Waals surface area contributed by atoms with Crippen LogP contribution in [0, 0.1) is 0 Å². The van der Waals surface area contributed by atoms with E-state index in [1.54, 1.807) is 6.20 Å². The van der Waals surface area contributed by atoms with Gasteiger partial charge >= 0.3 is 0 Å². The van der Waals surface area contributed by atoms with Gasteiger partial charge in [0.1, 0.15) is 0 Å². The number of fused-ring (bicyclic) bond motifs is 1. The van der Waals surface area contributed by atoms with Gasteiger partial charge in [0.25, 0.3) is 0 Å². The molecular weight excluding hydrogens is 196 g/mol. The van der Waals surface area contributed by atoms with E-state index in [9.17, 15) is 0 Å². The molecule has 0 saturated carbocycles. The first-order valence-corrected chi connectivity index (χ1v) is 5.85. The van der Waals surface area contributed by atoms with E-state index in [4.69, 9.17) is 0 Å². The Bertz CT molecular complexity index is 455. The molecule has 0 radical (unpaired) electrons. The fraction of sp³-hybridized carbons (Fsp3) is 0.429. The Morgan fingerprint density at radius 2 is 1.56 bits per heavy atom. The van der Waals surface area contributed by atoms with E-state index < -0.39 is 0 Å². The molecule has 0 unspecified atom stereocenters. The average molecular weight is 214 g/mol. The van der Waals surface area contributed by atoms with Gasteiger partial charge in [0.05, 0.1) is 11.7 Å². The summed E-state index contributed by atoms with van der Waals surface area (Å²) in [6.45, 7) is 8.93. The fourth-order valence-corrected chi connectivity index (χ4v) is 2.07. The molecule has 0 saturated heterocycles. The van der Waals surface area contributed by atoms with E-state index in [1.165, 1.54) is 16.5 Å². The maximum Gasteiger partial charge on any atom is 0.0932 e. The lowest BCUT2D eigenvalue weighted by Gasteiger charge is -2.16. The molecule has 84 valence electrons. The third-order valence-electron chi connectivity index (χ3n) is 2.96. The molecule has 2 heteroatoms. The highest BCUT2D eigenvalue weighted by atomic mass is 15.1. The van der Waals surface area contributed by atoms with Crippen LogP contribution in [0.3, 0.4) is 0 Å². The van der Waals surface area contributed by atoms with Crippen LogP contribution < -0.4 is 0 Å². The second kappa shape index (κ2) is 4.20. The van der Waals surface area contributed by atoms with Crippen LogP contribution in [-0.2, 0) is 0 Å². The summed E-state index contributed by atoms with van der Waals surface area (Å²) in [5.74, 6) is 1.08. The van der Waals surface area contributed by atoms with Crippen molar-refractivity contribution in [1.29, 1.82) is 0 Å². The average Bonchev–Trinajstić information content (AvgIpc) is 2.27. The summed E-state index contributed by atoms with van der Waals surface area (Å²) in [4.78, 5) is 0. The lowest BCUT2D eigenvalue weighted by Crippen LogP contribution is -1.99. The van der Waals surface area contributed by atoms with Gasteiger partial charge in [0.15, 0.2) is 0 Å². The van der Waals surface area contributed by atoms with Crippen molar-refractivity contribution in [3.8, 4) is 0 Å². The Hall–Kier alpha value is -1.44. The summed E-state index contributed by atoms with van der Waals surface area (Å²) in [6.07, 6.45) is 1.75. The zero-order valence-electron chi connectivity index (χ0n) is 10.4. The molecule has 2 aromatic rings. The maximum absolute atomic E-state index is 4.17. The Labute approximate surface area is 96.7 Å². The van der Waals surface area contributed by atoms with Gasteiger partial charge in [-0.15, -0.1) is 0 Å². The molecule has 1 heterocycles. The van der Waals surface area contributed by atoms with E-state index in [2.05, 4.69) is 50.0 Å². The SMILES string of the molecule is CC(C)c1cc2ccnnc2cc1C(C)C. The minimum absolute atomic E-state index is 0.531. The highest BCUT2D eigenvalue weighted by Crippen LogP contribution is 2.29. The number of aromatic nitrogens is 2. The molecule has 0 N–H and O–H groups in total. The highest BCUT2D eigenvalue weighted by molar-refractivity contribution is 5.80. The van der Waals surface area contributed by atoms with Crippen LogP contribution in [0.5, 0.6) is 0 Å². The van der Waals surface area contributed by atoms with Crippen LogP contribution in [0.2, 0.25) is 0 Å². The molecule has 1 aromatic carbocycles. The molecule has 2 rings (SSSR count). The van der Waals surface area contributed by atoms with Gasteiger partial charge in [0.2, 0.25) is 0 Å². The zero-order chi connectivity index (χ0) is 11.7. The summed E-state index contributed by atoms with van der Waals surface area (Å²) in [7, 11) is 0. The summed E-state index contributed by atoms with van der Waals surface area (Å²) in [6, 6.07) is 6.46. The molecule has 0 bridgehead atoms. The van der Waals surface area contributed by atoms with E-state index in [-0.39, 0.29) is 0 Å². The minimum Gasteiger partial charge on any atom is -0.159 e. The molecule has 16 heavy (non-hydrogen) atoms. The first kappa shape index (κ1) is 11.1. The maximum atomic E-state index is 4.17. The van der Waals surface area contributed by atoms with Crippen LogP contribution in [0.25, 0.3) is 10.9 Å². The number of nitrogens with zero attached hydrogens (tertiary/aromatic N) is 2. The second-order valence-corrected chi connectivity index (χ2v) is 4.88. The highest BCUT2D eigenvalue weighted by Gasteiger charge is 2.11. The molecule has 0 atom stereocenters. The normalized spacial score (nSPS) is 11.6. The topological polar surface area (TPSA) is 25.8 Å². The largest absolute Gasteiger partial charge is 0.159 e. The standard InChI is InChI=1S/C14H18N2/c1-9(2)12-7-11-5-6-15-16-14(11)8-13(12)10(3)4/h5-10H,1-4H3. The number of rotatable bonds is 2. The van der Waals surface area contributed by atoms with Crippen molar-refractivity contribution in [1.82, 2.24) is 10.2 Å². The Morgan fingerprint density at radius 1 is 0.938 bits per heavy atom. The van der Waals surface area contributed by atoms with Gasteiger partial charge < -0.3 is 0 Å². The van der Waals surface area contributed by atoms with Crippen molar-refractivity contribution in [3.05, 3.63) is 35.5 Å². The van der Waals surface area contributed by atoms with Crippen molar-refractivity contribution in [2.75, 3.05) is 0 Å². The van der Waals surface area contributed by atoms with Gasteiger partial charge in [-0.2, -0.15) is 10.2 Å². The second-order valence-electron chi connectivity index (χ2n) is 4.88. The molecule has 0 fully saturated rings. The van der Waals surface area contributed by atoms with Crippen LogP contribution in [-0.4, -0.2) is 10.2 Å². The lowest BCUT2D eigenvalue weighted by molar-refractivity contribution is 0.792. The Kier molecular flexibility index (Phi) is 2.90. The molecule has 0 amide bonds.